The Morgan fingerprint density at radius 3 is 1.92 bits per heavy atom. The van der Waals surface area contributed by atoms with E-state index in [9.17, 15) is 10.5 Å². The van der Waals surface area contributed by atoms with Crippen LogP contribution < -0.4 is 5.73 Å². The fourth-order valence-electron chi connectivity index (χ4n) is 1.93. The Bertz CT molecular complexity index is 713. The molecule has 0 saturated carbocycles. The quantitative estimate of drug-likeness (QED) is 0.597. The van der Waals surface area contributed by atoms with Crippen molar-refractivity contribution in [2.75, 3.05) is 0 Å². The van der Waals surface area contributed by atoms with Crippen molar-refractivity contribution >= 4 is 18.4 Å². The highest BCUT2D eigenvalue weighted by Crippen LogP contribution is 2.30. The van der Waals surface area contributed by atoms with Gasteiger partial charge in [-0.2, -0.15) is 10.5 Å². The van der Waals surface area contributed by atoms with E-state index < -0.39 is 10.8 Å². The highest BCUT2D eigenvalue weighted by atomic mass is 14.9. The first kappa shape index (κ1) is 23.0. The van der Waals surface area contributed by atoms with Crippen molar-refractivity contribution in [1.29, 1.82) is 15.9 Å². The van der Waals surface area contributed by atoms with Crippen LogP contribution in [-0.2, 0) is 17.4 Å². The summed E-state index contributed by atoms with van der Waals surface area (Å²) in [6.45, 7) is 11.7. The molecule has 0 aliphatic carbocycles. The molecule has 6 heteroatoms. The van der Waals surface area contributed by atoms with Gasteiger partial charge in [0.25, 0.3) is 0 Å². The molecule has 0 aliphatic rings. The molecule has 0 bridgehead atoms. The van der Waals surface area contributed by atoms with Crippen molar-refractivity contribution in [3.05, 3.63) is 34.9 Å². The topological polar surface area (TPSA) is 122 Å². The molecule has 0 heterocycles. The molecule has 0 spiro atoms. The molecule has 0 amide bonds. The van der Waals surface area contributed by atoms with Crippen molar-refractivity contribution in [3.8, 4) is 12.1 Å². The Morgan fingerprint density at radius 1 is 1.08 bits per heavy atom. The van der Waals surface area contributed by atoms with E-state index in [1.54, 1.807) is 0 Å². The lowest BCUT2D eigenvalue weighted by Gasteiger charge is -2.22. The zero-order valence-electron chi connectivity index (χ0n) is 16.5. The van der Waals surface area contributed by atoms with Crippen LogP contribution in [0.1, 0.15) is 58.2 Å². The average Bonchev–Trinajstić information content (AvgIpc) is 2.66. The summed E-state index contributed by atoms with van der Waals surface area (Å²) in [7, 11) is 0. The molecule has 0 radical (unpaired) electrons. The molecule has 138 valence electrons. The Hall–Kier alpha value is -2.99. The van der Waals surface area contributed by atoms with Crippen molar-refractivity contribution in [2.24, 2.45) is 15.7 Å². The number of benzene rings is 1. The Morgan fingerprint density at radius 2 is 1.54 bits per heavy atom. The molecule has 6 nitrogen and oxygen atoms in total. The van der Waals surface area contributed by atoms with Gasteiger partial charge in [-0.15, -0.1) is 0 Å². The van der Waals surface area contributed by atoms with Crippen LogP contribution in [0.15, 0.2) is 28.2 Å². The van der Waals surface area contributed by atoms with Crippen LogP contribution in [0.3, 0.4) is 0 Å². The number of hydrogen-bond donors (Lipinski definition) is 2. The smallest absolute Gasteiger partial charge is 0.142 e. The van der Waals surface area contributed by atoms with E-state index in [1.807, 2.05) is 59.7 Å². The van der Waals surface area contributed by atoms with Crippen molar-refractivity contribution in [2.45, 2.75) is 58.9 Å². The van der Waals surface area contributed by atoms with E-state index in [0.717, 1.165) is 22.9 Å². The summed E-state index contributed by atoms with van der Waals surface area (Å²) in [5.41, 5.74) is 6.64. The number of nitrogens with two attached hydrogens (primary N) is 1. The minimum absolute atomic E-state index is 0.0735. The molecule has 1 rings (SSSR count). The highest BCUT2D eigenvalue weighted by Gasteiger charge is 2.25. The van der Waals surface area contributed by atoms with Gasteiger partial charge in [0, 0.05) is 0 Å². The number of nitrogens with zero attached hydrogens (tertiary/aromatic N) is 4. The van der Waals surface area contributed by atoms with Gasteiger partial charge in [-0.05, 0) is 44.4 Å². The van der Waals surface area contributed by atoms with Crippen molar-refractivity contribution < 1.29 is 0 Å². The van der Waals surface area contributed by atoms with Gasteiger partial charge in [-0.1, -0.05) is 32.0 Å². The van der Waals surface area contributed by atoms with Crippen LogP contribution in [0, 0.1) is 28.1 Å². The summed E-state index contributed by atoms with van der Waals surface area (Å²) >= 11 is 0. The Kier molecular flexibility index (Phi) is 8.94. The van der Waals surface area contributed by atoms with Gasteiger partial charge in [0.05, 0.1) is 35.7 Å². The minimum Gasteiger partial charge on any atom is -0.382 e. The standard InChI is InChI=1S/C18H22N6.C2H6/c1-17(2,10-20)14-5-13(9-23-12-24-16(22)8-19)6-15(7-14)18(3,4)11-21;1-2/h5-8,12,19H,9H2,1-4H3,(H2,22,23,24);1-2H3. The molecule has 0 aliphatic heterocycles. The maximum absolute atomic E-state index is 9.39. The summed E-state index contributed by atoms with van der Waals surface area (Å²) in [5.74, 6) is 0.0735. The molecule has 0 unspecified atom stereocenters. The van der Waals surface area contributed by atoms with E-state index in [-0.39, 0.29) is 5.84 Å². The van der Waals surface area contributed by atoms with Crippen molar-refractivity contribution in [3.63, 3.8) is 0 Å². The average molecular weight is 352 g/mol. The summed E-state index contributed by atoms with van der Waals surface area (Å²) < 4.78 is 0. The zero-order valence-corrected chi connectivity index (χ0v) is 16.5. The van der Waals surface area contributed by atoms with Crippen LogP contribution in [0.2, 0.25) is 0 Å². The summed E-state index contributed by atoms with van der Waals surface area (Å²) in [4.78, 5) is 7.95. The molecule has 26 heavy (non-hydrogen) atoms. The minimum atomic E-state index is -0.664. The third-order valence-electron chi connectivity index (χ3n) is 3.71. The lowest BCUT2D eigenvalue weighted by Crippen LogP contribution is -2.19. The number of rotatable bonds is 6. The second-order valence-corrected chi connectivity index (χ2v) is 6.55. The zero-order chi connectivity index (χ0) is 20.4. The summed E-state index contributed by atoms with van der Waals surface area (Å²) in [6, 6.07) is 10.3. The highest BCUT2D eigenvalue weighted by molar-refractivity contribution is 6.28. The van der Waals surface area contributed by atoms with Crippen LogP contribution in [-0.4, -0.2) is 18.4 Å². The fourth-order valence-corrected chi connectivity index (χ4v) is 1.93. The molecule has 0 aromatic heterocycles. The number of nitrogens with one attached hydrogen (secondary N) is 1. The monoisotopic (exact) mass is 352 g/mol. The van der Waals surface area contributed by atoms with Gasteiger partial charge in [0.2, 0.25) is 0 Å². The molecule has 1 aromatic carbocycles. The van der Waals surface area contributed by atoms with Crippen LogP contribution in [0.25, 0.3) is 0 Å². The van der Waals surface area contributed by atoms with Gasteiger partial charge in [-0.25, -0.2) is 4.99 Å². The number of aliphatic imine (C=N–C) groups is 2. The lowest BCUT2D eigenvalue weighted by atomic mass is 9.79. The third kappa shape index (κ3) is 6.49. The van der Waals surface area contributed by atoms with E-state index in [4.69, 9.17) is 11.1 Å². The fraction of sp³-hybridized carbons (Fsp3) is 0.450. The van der Waals surface area contributed by atoms with Gasteiger partial charge < -0.3 is 11.1 Å². The van der Waals surface area contributed by atoms with Crippen LogP contribution >= 0.6 is 0 Å². The molecule has 0 atom stereocenters. The molecular weight excluding hydrogens is 324 g/mol. The van der Waals surface area contributed by atoms with E-state index in [0.29, 0.717) is 6.54 Å². The van der Waals surface area contributed by atoms with Gasteiger partial charge in [0.15, 0.2) is 0 Å². The molecule has 3 N–H and O–H groups in total. The largest absolute Gasteiger partial charge is 0.382 e. The SMILES string of the molecule is CC.CC(C)(C#N)c1cc(CN=CN=C(N)C=N)cc(C(C)(C)C#N)c1. The van der Waals surface area contributed by atoms with Gasteiger partial charge >= 0.3 is 0 Å². The number of nitriles is 2. The Labute approximate surface area is 156 Å². The van der Waals surface area contributed by atoms with Gasteiger partial charge in [-0.3, -0.25) is 4.99 Å². The second-order valence-electron chi connectivity index (χ2n) is 6.55. The predicted octanol–water partition coefficient (Wildman–Crippen LogP) is 3.85. The van der Waals surface area contributed by atoms with E-state index >= 15 is 0 Å². The van der Waals surface area contributed by atoms with Crippen LogP contribution in [0.4, 0.5) is 0 Å². The first-order chi connectivity index (χ1) is 12.2. The van der Waals surface area contributed by atoms with E-state index in [1.165, 1.54) is 6.34 Å². The first-order valence-electron chi connectivity index (χ1n) is 8.46. The second kappa shape index (κ2) is 10.1. The van der Waals surface area contributed by atoms with E-state index in [2.05, 4.69) is 22.1 Å². The van der Waals surface area contributed by atoms with Gasteiger partial charge in [0.1, 0.15) is 12.2 Å². The lowest BCUT2D eigenvalue weighted by molar-refractivity contribution is 0.658. The Balaban J connectivity index is 0.00000301. The van der Waals surface area contributed by atoms with Crippen LogP contribution in [0.5, 0.6) is 0 Å². The molecule has 1 aromatic rings. The molecule has 0 fully saturated rings. The molecular formula is C20H28N6. The summed E-state index contributed by atoms with van der Waals surface area (Å²) in [5, 5.41) is 25.7. The number of hydrogen-bond acceptors (Lipinski definition) is 4. The normalized spacial score (nSPS) is 11.9. The first-order valence-corrected chi connectivity index (χ1v) is 8.46. The molecule has 0 saturated heterocycles. The maximum Gasteiger partial charge on any atom is 0.142 e. The predicted molar refractivity (Wildman–Crippen MR) is 108 cm³/mol. The number of amidine groups is 1. The summed E-state index contributed by atoms with van der Waals surface area (Å²) in [6.07, 6.45) is 2.24. The maximum atomic E-state index is 9.39. The third-order valence-corrected chi connectivity index (χ3v) is 3.71. The van der Waals surface area contributed by atoms with Crippen molar-refractivity contribution in [1.82, 2.24) is 0 Å².